The van der Waals surface area contributed by atoms with Gasteiger partial charge in [0, 0.05) is 64.0 Å². The summed E-state index contributed by atoms with van der Waals surface area (Å²) < 4.78 is 2.23. The van der Waals surface area contributed by atoms with E-state index in [1.54, 1.807) is 0 Å². The fourth-order valence-corrected chi connectivity index (χ4v) is 3.27. The lowest BCUT2D eigenvalue weighted by molar-refractivity contribution is -0.142. The number of carbonyl (C=O) groups is 1. The summed E-state index contributed by atoms with van der Waals surface area (Å²) in [6.45, 7) is 6.38. The number of imidazole rings is 1. The molecule has 0 bridgehead atoms. The normalized spacial score (nSPS) is 24.0. The first kappa shape index (κ1) is 14.5. The summed E-state index contributed by atoms with van der Waals surface area (Å²) in [7, 11) is 2.17. The molecule has 6 heteroatoms. The molecule has 1 saturated heterocycles. The van der Waals surface area contributed by atoms with E-state index in [1.807, 2.05) is 6.20 Å². The zero-order chi connectivity index (χ0) is 14.8. The summed E-state index contributed by atoms with van der Waals surface area (Å²) in [5.74, 6) is 0.203. The van der Waals surface area contributed by atoms with Crippen LogP contribution >= 0.6 is 0 Å². The zero-order valence-corrected chi connectivity index (χ0v) is 12.7. The Morgan fingerprint density at radius 1 is 1.33 bits per heavy atom. The Kier molecular flexibility index (Phi) is 4.26. The third-order valence-electron chi connectivity index (χ3n) is 4.77. The van der Waals surface area contributed by atoms with Gasteiger partial charge in [0.15, 0.2) is 0 Å². The molecule has 0 aromatic carbocycles. The minimum Gasteiger partial charge on any atom is -0.481 e. The van der Waals surface area contributed by atoms with Crippen molar-refractivity contribution in [2.45, 2.75) is 25.8 Å². The molecule has 21 heavy (non-hydrogen) atoms. The van der Waals surface area contributed by atoms with Crippen molar-refractivity contribution in [3.63, 3.8) is 0 Å². The van der Waals surface area contributed by atoms with Gasteiger partial charge in [-0.25, -0.2) is 4.98 Å². The molecular weight excluding hydrogens is 268 g/mol. The van der Waals surface area contributed by atoms with Crippen molar-refractivity contribution in [1.82, 2.24) is 19.4 Å². The summed E-state index contributed by atoms with van der Waals surface area (Å²) in [6.07, 6.45) is 4.17. The van der Waals surface area contributed by atoms with Crippen LogP contribution in [0.3, 0.4) is 0 Å². The average molecular weight is 292 g/mol. The second-order valence-electron chi connectivity index (χ2n) is 6.24. The number of piperazine rings is 1. The van der Waals surface area contributed by atoms with Crippen LogP contribution in [0.1, 0.15) is 17.9 Å². The average Bonchev–Trinajstić information content (AvgIpc) is 2.89. The number of aromatic nitrogens is 2. The van der Waals surface area contributed by atoms with Crippen LogP contribution < -0.4 is 0 Å². The molecule has 2 aliphatic heterocycles. The highest BCUT2D eigenvalue weighted by Crippen LogP contribution is 2.22. The van der Waals surface area contributed by atoms with E-state index in [4.69, 9.17) is 5.11 Å². The number of carboxylic acids is 1. The molecule has 0 saturated carbocycles. The van der Waals surface area contributed by atoms with Crippen molar-refractivity contribution in [2.24, 2.45) is 5.92 Å². The summed E-state index contributed by atoms with van der Waals surface area (Å²) >= 11 is 0. The van der Waals surface area contributed by atoms with Crippen LogP contribution in [0.5, 0.6) is 0 Å². The maximum atomic E-state index is 11.1. The molecule has 1 unspecified atom stereocenters. The predicted molar refractivity (Wildman–Crippen MR) is 79.3 cm³/mol. The van der Waals surface area contributed by atoms with Gasteiger partial charge in [-0.1, -0.05) is 0 Å². The molecule has 1 N–H and O–H groups in total. The molecule has 1 aromatic heterocycles. The molecule has 0 amide bonds. The summed E-state index contributed by atoms with van der Waals surface area (Å²) in [6, 6.07) is 0. The minimum atomic E-state index is -0.679. The first-order chi connectivity index (χ1) is 10.1. The van der Waals surface area contributed by atoms with Crippen molar-refractivity contribution < 1.29 is 9.90 Å². The highest BCUT2D eigenvalue weighted by Gasteiger charge is 2.26. The lowest BCUT2D eigenvalue weighted by Crippen LogP contribution is -2.45. The number of hydrogen-bond donors (Lipinski definition) is 1. The lowest BCUT2D eigenvalue weighted by Gasteiger charge is -2.32. The maximum absolute atomic E-state index is 11.1. The minimum absolute atomic E-state index is 0.236. The van der Waals surface area contributed by atoms with Crippen molar-refractivity contribution in [3.05, 3.63) is 17.7 Å². The van der Waals surface area contributed by atoms with Crippen LogP contribution in [0.4, 0.5) is 0 Å². The fourth-order valence-electron chi connectivity index (χ4n) is 3.27. The Morgan fingerprint density at radius 2 is 2.10 bits per heavy atom. The van der Waals surface area contributed by atoms with Crippen LogP contribution in [-0.4, -0.2) is 70.2 Å². The van der Waals surface area contributed by atoms with Gasteiger partial charge in [-0.2, -0.15) is 0 Å². The van der Waals surface area contributed by atoms with Gasteiger partial charge < -0.3 is 19.5 Å². The van der Waals surface area contributed by atoms with Gasteiger partial charge in [-0.15, -0.1) is 0 Å². The first-order valence-electron chi connectivity index (χ1n) is 7.80. The molecule has 0 aliphatic carbocycles. The molecule has 116 valence electrons. The van der Waals surface area contributed by atoms with Gasteiger partial charge in [-0.05, 0) is 13.5 Å². The molecule has 1 fully saturated rings. The topological polar surface area (TPSA) is 61.6 Å². The maximum Gasteiger partial charge on any atom is 0.306 e. The number of nitrogens with zero attached hydrogens (tertiary/aromatic N) is 4. The van der Waals surface area contributed by atoms with E-state index < -0.39 is 5.97 Å². The zero-order valence-electron chi connectivity index (χ0n) is 12.7. The first-order valence-corrected chi connectivity index (χ1v) is 7.80. The highest BCUT2D eigenvalue weighted by atomic mass is 16.4. The highest BCUT2D eigenvalue weighted by molar-refractivity contribution is 5.70. The van der Waals surface area contributed by atoms with Gasteiger partial charge in [0.25, 0.3) is 0 Å². The van der Waals surface area contributed by atoms with E-state index in [9.17, 15) is 4.79 Å². The van der Waals surface area contributed by atoms with Gasteiger partial charge in [0.05, 0.1) is 5.92 Å². The molecule has 0 spiro atoms. The van der Waals surface area contributed by atoms with Crippen molar-refractivity contribution in [2.75, 3.05) is 39.8 Å². The van der Waals surface area contributed by atoms with Gasteiger partial charge in [-0.3, -0.25) is 4.79 Å². The molecular formula is C15H24N4O2. The fraction of sp³-hybridized carbons (Fsp3) is 0.733. The van der Waals surface area contributed by atoms with E-state index >= 15 is 0 Å². The Labute approximate surface area is 125 Å². The van der Waals surface area contributed by atoms with Crippen LogP contribution in [-0.2, 0) is 24.2 Å². The Morgan fingerprint density at radius 3 is 2.81 bits per heavy atom. The molecule has 0 radical (unpaired) electrons. The van der Waals surface area contributed by atoms with Crippen LogP contribution in [0.2, 0.25) is 0 Å². The lowest BCUT2D eigenvalue weighted by atomic mass is 9.96. The number of fused-ring (bicyclic) bond motifs is 1. The number of rotatable bonds is 4. The summed E-state index contributed by atoms with van der Waals surface area (Å²) in [5, 5.41) is 9.13. The quantitative estimate of drug-likeness (QED) is 0.866. The monoisotopic (exact) mass is 292 g/mol. The Bertz CT molecular complexity index is 506. The van der Waals surface area contributed by atoms with Crippen LogP contribution in [0, 0.1) is 5.92 Å². The van der Waals surface area contributed by atoms with Crippen molar-refractivity contribution in [3.8, 4) is 0 Å². The second kappa shape index (κ2) is 6.15. The number of likely N-dealkylation sites (N-methyl/N-ethyl adjacent to an activating group) is 1. The SMILES string of the molecule is CN1CCN(CCc2ncc3n2CCC(C(=O)O)C3)CC1. The van der Waals surface area contributed by atoms with E-state index in [2.05, 4.69) is 26.4 Å². The van der Waals surface area contributed by atoms with Crippen molar-refractivity contribution in [1.29, 1.82) is 0 Å². The Hall–Kier alpha value is -1.40. The van der Waals surface area contributed by atoms with E-state index in [0.29, 0.717) is 6.42 Å². The largest absolute Gasteiger partial charge is 0.481 e. The van der Waals surface area contributed by atoms with E-state index in [0.717, 1.165) is 63.6 Å². The molecule has 6 nitrogen and oxygen atoms in total. The van der Waals surface area contributed by atoms with Gasteiger partial charge in [0.2, 0.25) is 0 Å². The van der Waals surface area contributed by atoms with Crippen LogP contribution in [0.25, 0.3) is 0 Å². The predicted octanol–water partition coefficient (Wildman–Crippen LogP) is 0.320. The van der Waals surface area contributed by atoms with E-state index in [-0.39, 0.29) is 5.92 Å². The third-order valence-corrected chi connectivity index (χ3v) is 4.77. The van der Waals surface area contributed by atoms with Crippen LogP contribution in [0.15, 0.2) is 6.20 Å². The number of carboxylic acid groups (broad SMARTS) is 1. The second-order valence-corrected chi connectivity index (χ2v) is 6.24. The third kappa shape index (κ3) is 3.27. The van der Waals surface area contributed by atoms with E-state index in [1.165, 1.54) is 0 Å². The number of aliphatic carboxylic acids is 1. The smallest absolute Gasteiger partial charge is 0.306 e. The number of hydrogen-bond acceptors (Lipinski definition) is 4. The summed E-state index contributed by atoms with van der Waals surface area (Å²) in [5.41, 5.74) is 1.09. The molecule has 2 aliphatic rings. The van der Waals surface area contributed by atoms with Gasteiger partial charge in [0.1, 0.15) is 5.82 Å². The molecule has 1 aromatic rings. The Balaban J connectivity index is 1.57. The molecule has 3 rings (SSSR count). The molecule has 3 heterocycles. The standard InChI is InChI=1S/C15H24N4O2/c1-17-6-8-18(9-7-17)4-3-14-16-11-13-10-12(15(20)21)2-5-19(13)14/h11-12H,2-10H2,1H3,(H,20,21). The molecule has 1 atom stereocenters. The summed E-state index contributed by atoms with van der Waals surface area (Å²) in [4.78, 5) is 20.5. The van der Waals surface area contributed by atoms with Gasteiger partial charge >= 0.3 is 5.97 Å². The van der Waals surface area contributed by atoms with Crippen molar-refractivity contribution >= 4 is 5.97 Å².